The van der Waals surface area contributed by atoms with E-state index in [-0.39, 0.29) is 0 Å². The lowest BCUT2D eigenvalue weighted by Gasteiger charge is -2.01. The minimum Gasteiger partial charge on any atom is -0.357 e. The van der Waals surface area contributed by atoms with Gasteiger partial charge in [0.15, 0.2) is 5.13 Å². The average molecular weight is 303 g/mol. The lowest BCUT2D eigenvalue weighted by atomic mass is 10.1. The standard InChI is InChI=1S/C16H15ClN2S/c1-10-8-13(17)14-15(11(10)2)20-16(19-14)18-9-12-6-4-3-5-7-12/h3-8H,9H2,1-2H3,(H,18,19). The van der Waals surface area contributed by atoms with Crippen LogP contribution >= 0.6 is 22.9 Å². The molecule has 20 heavy (non-hydrogen) atoms. The third-order valence-corrected chi connectivity index (χ3v) is 4.84. The molecule has 1 heterocycles. The first-order valence-electron chi connectivity index (χ1n) is 6.49. The molecule has 1 aromatic heterocycles. The minimum atomic E-state index is 0.729. The van der Waals surface area contributed by atoms with Crippen molar-refractivity contribution in [3.63, 3.8) is 0 Å². The summed E-state index contributed by atoms with van der Waals surface area (Å²) in [6.45, 7) is 4.97. The Hall–Kier alpha value is -1.58. The average Bonchev–Trinajstić information content (AvgIpc) is 2.89. The fourth-order valence-electron chi connectivity index (χ4n) is 2.13. The molecule has 0 amide bonds. The number of aryl methyl sites for hydroxylation is 2. The molecule has 4 heteroatoms. The lowest BCUT2D eigenvalue weighted by molar-refractivity contribution is 1.14. The summed E-state index contributed by atoms with van der Waals surface area (Å²) < 4.78 is 1.17. The fourth-order valence-corrected chi connectivity index (χ4v) is 3.53. The zero-order valence-corrected chi connectivity index (χ0v) is 13.0. The summed E-state index contributed by atoms with van der Waals surface area (Å²) in [7, 11) is 0. The third-order valence-electron chi connectivity index (χ3n) is 3.42. The molecular weight excluding hydrogens is 288 g/mol. The van der Waals surface area contributed by atoms with Gasteiger partial charge in [-0.2, -0.15) is 0 Å². The van der Waals surface area contributed by atoms with Crippen LogP contribution in [0.1, 0.15) is 16.7 Å². The van der Waals surface area contributed by atoms with Crippen molar-refractivity contribution in [2.75, 3.05) is 5.32 Å². The van der Waals surface area contributed by atoms with Crippen LogP contribution in [0, 0.1) is 13.8 Å². The van der Waals surface area contributed by atoms with Crippen LogP contribution in [0.25, 0.3) is 10.2 Å². The molecule has 102 valence electrons. The third kappa shape index (κ3) is 2.51. The number of benzene rings is 2. The molecule has 0 unspecified atom stereocenters. The number of rotatable bonds is 3. The summed E-state index contributed by atoms with van der Waals surface area (Å²) in [5.41, 5.74) is 4.61. The molecule has 0 spiro atoms. The predicted molar refractivity (Wildman–Crippen MR) is 87.9 cm³/mol. The van der Waals surface area contributed by atoms with Crippen LogP contribution in [-0.2, 0) is 6.54 Å². The molecular formula is C16H15ClN2S. The Balaban J connectivity index is 1.90. The van der Waals surface area contributed by atoms with Gasteiger partial charge >= 0.3 is 0 Å². The Morgan fingerprint density at radius 2 is 1.95 bits per heavy atom. The second kappa shape index (κ2) is 5.43. The zero-order valence-electron chi connectivity index (χ0n) is 11.4. The molecule has 0 atom stereocenters. The van der Waals surface area contributed by atoms with E-state index >= 15 is 0 Å². The van der Waals surface area contributed by atoms with Crippen molar-refractivity contribution in [2.45, 2.75) is 20.4 Å². The van der Waals surface area contributed by atoms with Gasteiger partial charge in [-0.25, -0.2) is 4.98 Å². The second-order valence-electron chi connectivity index (χ2n) is 4.84. The van der Waals surface area contributed by atoms with Crippen LogP contribution in [-0.4, -0.2) is 4.98 Å². The molecule has 0 aliphatic carbocycles. The quantitative estimate of drug-likeness (QED) is 0.721. The molecule has 0 saturated carbocycles. The number of nitrogens with one attached hydrogen (secondary N) is 1. The Bertz CT molecular complexity index is 750. The summed E-state index contributed by atoms with van der Waals surface area (Å²) in [6.07, 6.45) is 0. The van der Waals surface area contributed by atoms with Crippen molar-refractivity contribution < 1.29 is 0 Å². The molecule has 0 aliphatic rings. The molecule has 0 fully saturated rings. The summed E-state index contributed by atoms with van der Waals surface area (Å²) in [4.78, 5) is 4.60. The van der Waals surface area contributed by atoms with E-state index in [1.165, 1.54) is 21.4 Å². The van der Waals surface area contributed by atoms with E-state index in [0.29, 0.717) is 0 Å². The highest BCUT2D eigenvalue weighted by Crippen LogP contribution is 2.35. The number of hydrogen-bond donors (Lipinski definition) is 1. The van der Waals surface area contributed by atoms with Gasteiger partial charge in [-0.05, 0) is 36.6 Å². The Morgan fingerprint density at radius 1 is 1.20 bits per heavy atom. The molecule has 0 saturated heterocycles. The maximum atomic E-state index is 6.28. The van der Waals surface area contributed by atoms with Crippen molar-refractivity contribution in [1.82, 2.24) is 4.98 Å². The van der Waals surface area contributed by atoms with E-state index in [9.17, 15) is 0 Å². The van der Waals surface area contributed by atoms with E-state index in [4.69, 9.17) is 11.6 Å². The molecule has 2 aromatic carbocycles. The van der Waals surface area contributed by atoms with Crippen molar-refractivity contribution in [1.29, 1.82) is 0 Å². The van der Waals surface area contributed by atoms with Crippen LogP contribution in [0.3, 0.4) is 0 Å². The lowest BCUT2D eigenvalue weighted by Crippen LogP contribution is -1.97. The first-order valence-corrected chi connectivity index (χ1v) is 7.68. The Kier molecular flexibility index (Phi) is 3.64. The van der Waals surface area contributed by atoms with Gasteiger partial charge < -0.3 is 5.32 Å². The van der Waals surface area contributed by atoms with Gasteiger partial charge in [-0.15, -0.1) is 0 Å². The molecule has 0 aliphatic heterocycles. The molecule has 0 bridgehead atoms. The van der Waals surface area contributed by atoms with E-state index < -0.39 is 0 Å². The number of nitrogens with zero attached hydrogens (tertiary/aromatic N) is 1. The zero-order chi connectivity index (χ0) is 14.1. The van der Waals surface area contributed by atoms with Crippen LogP contribution < -0.4 is 5.32 Å². The maximum Gasteiger partial charge on any atom is 0.184 e. The van der Waals surface area contributed by atoms with Crippen LogP contribution in [0.2, 0.25) is 5.02 Å². The minimum absolute atomic E-state index is 0.729. The number of anilines is 1. The maximum absolute atomic E-state index is 6.28. The monoisotopic (exact) mass is 302 g/mol. The number of thiazole rings is 1. The van der Waals surface area contributed by atoms with Crippen molar-refractivity contribution in [3.8, 4) is 0 Å². The SMILES string of the molecule is Cc1cc(Cl)c2nc(NCc3ccccc3)sc2c1C. The Labute approximate surface area is 127 Å². The first-order chi connectivity index (χ1) is 9.65. The van der Waals surface area contributed by atoms with Gasteiger partial charge in [0.05, 0.1) is 9.72 Å². The normalized spacial score (nSPS) is 10.9. The molecule has 2 nitrogen and oxygen atoms in total. The highest BCUT2D eigenvalue weighted by Gasteiger charge is 2.11. The van der Waals surface area contributed by atoms with Crippen molar-refractivity contribution in [3.05, 3.63) is 58.1 Å². The fraction of sp³-hybridized carbons (Fsp3) is 0.188. The van der Waals surface area contributed by atoms with Gasteiger partial charge in [0.1, 0.15) is 5.52 Å². The summed E-state index contributed by atoms with van der Waals surface area (Å²) in [6, 6.07) is 12.3. The van der Waals surface area contributed by atoms with Crippen LogP contribution in [0.5, 0.6) is 0 Å². The highest BCUT2D eigenvalue weighted by molar-refractivity contribution is 7.22. The molecule has 3 rings (SSSR count). The van der Waals surface area contributed by atoms with E-state index in [1.807, 2.05) is 24.3 Å². The van der Waals surface area contributed by atoms with Crippen molar-refractivity contribution >= 4 is 38.3 Å². The summed E-state index contributed by atoms with van der Waals surface area (Å²) >= 11 is 7.95. The smallest absolute Gasteiger partial charge is 0.184 e. The highest BCUT2D eigenvalue weighted by atomic mass is 35.5. The van der Waals surface area contributed by atoms with E-state index in [1.54, 1.807) is 11.3 Å². The van der Waals surface area contributed by atoms with Gasteiger partial charge in [0.2, 0.25) is 0 Å². The number of halogens is 1. The van der Waals surface area contributed by atoms with Gasteiger partial charge in [-0.1, -0.05) is 53.3 Å². The first kappa shape index (κ1) is 13.4. The topological polar surface area (TPSA) is 24.9 Å². The number of hydrogen-bond acceptors (Lipinski definition) is 3. The van der Waals surface area contributed by atoms with E-state index in [2.05, 4.69) is 36.3 Å². The Morgan fingerprint density at radius 3 is 2.70 bits per heavy atom. The van der Waals surface area contributed by atoms with E-state index in [0.717, 1.165) is 22.2 Å². The molecule has 1 N–H and O–H groups in total. The second-order valence-corrected chi connectivity index (χ2v) is 6.24. The van der Waals surface area contributed by atoms with Gasteiger partial charge in [0, 0.05) is 6.54 Å². The van der Waals surface area contributed by atoms with Crippen molar-refractivity contribution in [2.24, 2.45) is 0 Å². The van der Waals surface area contributed by atoms with Crippen LogP contribution in [0.15, 0.2) is 36.4 Å². The van der Waals surface area contributed by atoms with Crippen LogP contribution in [0.4, 0.5) is 5.13 Å². The predicted octanol–water partition coefficient (Wildman–Crippen LogP) is 5.18. The molecule has 3 aromatic rings. The number of fused-ring (bicyclic) bond motifs is 1. The number of aromatic nitrogens is 1. The molecule has 0 radical (unpaired) electrons. The van der Waals surface area contributed by atoms with Gasteiger partial charge in [-0.3, -0.25) is 0 Å². The summed E-state index contributed by atoms with van der Waals surface area (Å²) in [5, 5.41) is 5.02. The van der Waals surface area contributed by atoms with Gasteiger partial charge in [0.25, 0.3) is 0 Å². The largest absolute Gasteiger partial charge is 0.357 e. The summed E-state index contributed by atoms with van der Waals surface area (Å²) in [5.74, 6) is 0.